The number of benzene rings is 1. The fraction of sp³-hybridized carbons (Fsp3) is 0.357. The van der Waals surface area contributed by atoms with Gasteiger partial charge in [-0.05, 0) is 40.9 Å². The summed E-state index contributed by atoms with van der Waals surface area (Å²) in [5.74, 6) is -0.467. The number of hydrogen-bond donors (Lipinski definition) is 2. The van der Waals surface area contributed by atoms with E-state index in [9.17, 15) is 9.59 Å². The van der Waals surface area contributed by atoms with Crippen LogP contribution in [0.3, 0.4) is 0 Å². The number of carbonyl (C=O) groups excluding carboxylic acids is 2. The zero-order chi connectivity index (χ0) is 15.9. The molecule has 1 aromatic rings. The largest absolute Gasteiger partial charge is 0.358 e. The van der Waals surface area contributed by atoms with Crippen molar-refractivity contribution in [1.29, 1.82) is 0 Å². The number of nitrogens with one attached hydrogen (secondary N) is 2. The van der Waals surface area contributed by atoms with Gasteiger partial charge in [0.15, 0.2) is 0 Å². The fourth-order valence-electron chi connectivity index (χ4n) is 1.99. The minimum atomic E-state index is -0.368. The lowest BCUT2D eigenvalue weighted by Gasteiger charge is -2.17. The maximum Gasteiger partial charge on any atom is 0.270 e. The van der Waals surface area contributed by atoms with Gasteiger partial charge in [-0.3, -0.25) is 20.4 Å². The summed E-state index contributed by atoms with van der Waals surface area (Å²) in [6.07, 6.45) is 2.30. The van der Waals surface area contributed by atoms with Crippen LogP contribution in [0, 0.1) is 0 Å². The predicted octanol–water partition coefficient (Wildman–Crippen LogP) is 2.32. The highest BCUT2D eigenvalue weighted by Gasteiger charge is 2.16. The van der Waals surface area contributed by atoms with Crippen molar-refractivity contribution in [1.82, 2.24) is 15.8 Å². The predicted molar refractivity (Wildman–Crippen MR) is 95.6 cm³/mol. The van der Waals surface area contributed by atoms with E-state index in [-0.39, 0.29) is 17.6 Å². The van der Waals surface area contributed by atoms with E-state index >= 15 is 0 Å². The lowest BCUT2D eigenvalue weighted by molar-refractivity contribution is -0.119. The number of amides is 2. The van der Waals surface area contributed by atoms with E-state index in [4.69, 9.17) is 12.2 Å². The monoisotopic (exact) mass is 401 g/mol. The molecule has 1 heterocycles. The van der Waals surface area contributed by atoms with Crippen molar-refractivity contribution < 1.29 is 9.59 Å². The Morgan fingerprint density at radius 2 is 1.91 bits per heavy atom. The second-order valence-electron chi connectivity index (χ2n) is 4.73. The summed E-state index contributed by atoms with van der Waals surface area (Å²) in [7, 11) is 0. The third-order valence-corrected chi connectivity index (χ3v) is 5.34. The van der Waals surface area contributed by atoms with E-state index in [1.165, 1.54) is 11.8 Å². The molecule has 2 N–H and O–H groups in total. The average molecular weight is 402 g/mol. The first-order valence-electron chi connectivity index (χ1n) is 6.83. The van der Waals surface area contributed by atoms with Crippen molar-refractivity contribution >= 4 is 56.0 Å². The van der Waals surface area contributed by atoms with Crippen LogP contribution in [-0.2, 0) is 4.79 Å². The molecule has 22 heavy (non-hydrogen) atoms. The average Bonchev–Trinajstić information content (AvgIpc) is 3.05. The highest BCUT2D eigenvalue weighted by molar-refractivity contribution is 9.10. The molecule has 0 aromatic heterocycles. The van der Waals surface area contributed by atoms with Crippen molar-refractivity contribution in [3.05, 3.63) is 34.3 Å². The Kier molecular flexibility index (Phi) is 6.66. The van der Waals surface area contributed by atoms with E-state index < -0.39 is 0 Å². The normalized spacial score (nSPS) is 13.8. The van der Waals surface area contributed by atoms with Gasteiger partial charge in [0.1, 0.15) is 4.32 Å². The SMILES string of the molecule is O=C(CSC(=S)N1CCCC1)NNC(=O)c1ccccc1Br. The third kappa shape index (κ3) is 4.96. The molecule has 1 fully saturated rings. The van der Waals surface area contributed by atoms with Gasteiger partial charge in [0.2, 0.25) is 5.91 Å². The van der Waals surface area contributed by atoms with Gasteiger partial charge < -0.3 is 4.90 Å². The maximum absolute atomic E-state index is 11.9. The molecule has 0 saturated carbocycles. The topological polar surface area (TPSA) is 61.4 Å². The minimum absolute atomic E-state index is 0.186. The number of likely N-dealkylation sites (tertiary alicyclic amines) is 1. The van der Waals surface area contributed by atoms with Crippen molar-refractivity contribution in [2.24, 2.45) is 0 Å². The van der Waals surface area contributed by atoms with Gasteiger partial charge >= 0.3 is 0 Å². The smallest absolute Gasteiger partial charge is 0.270 e. The molecule has 118 valence electrons. The molecule has 2 rings (SSSR count). The van der Waals surface area contributed by atoms with Crippen LogP contribution >= 0.6 is 39.9 Å². The number of carbonyl (C=O) groups is 2. The van der Waals surface area contributed by atoms with Gasteiger partial charge in [-0.25, -0.2) is 0 Å². The molecule has 0 radical (unpaired) electrons. The number of rotatable bonds is 3. The number of hydrazine groups is 1. The van der Waals surface area contributed by atoms with Gasteiger partial charge in [0.25, 0.3) is 5.91 Å². The summed E-state index contributed by atoms with van der Waals surface area (Å²) in [5.41, 5.74) is 5.25. The van der Waals surface area contributed by atoms with Crippen LogP contribution in [0.4, 0.5) is 0 Å². The van der Waals surface area contributed by atoms with Crippen LogP contribution in [0.2, 0.25) is 0 Å². The Morgan fingerprint density at radius 3 is 2.59 bits per heavy atom. The zero-order valence-electron chi connectivity index (χ0n) is 11.8. The molecule has 1 saturated heterocycles. The standard InChI is InChI=1S/C14H16BrN3O2S2/c15-11-6-2-1-5-10(11)13(20)17-16-12(19)9-22-14(21)18-7-3-4-8-18/h1-2,5-6H,3-4,7-9H2,(H,16,19)(H,17,20). The van der Waals surface area contributed by atoms with Gasteiger partial charge in [-0.1, -0.05) is 36.1 Å². The van der Waals surface area contributed by atoms with E-state index in [0.29, 0.717) is 10.0 Å². The highest BCUT2D eigenvalue weighted by Crippen LogP contribution is 2.16. The Bertz CT molecular complexity index is 577. The lowest BCUT2D eigenvalue weighted by atomic mass is 10.2. The van der Waals surface area contributed by atoms with Crippen LogP contribution < -0.4 is 10.9 Å². The maximum atomic E-state index is 11.9. The van der Waals surface area contributed by atoms with Crippen LogP contribution in [0.15, 0.2) is 28.7 Å². The quantitative estimate of drug-likeness (QED) is 0.600. The second kappa shape index (κ2) is 8.50. The molecule has 0 spiro atoms. The molecule has 0 atom stereocenters. The Hall–Kier alpha value is -1.12. The summed E-state index contributed by atoms with van der Waals surface area (Å²) in [4.78, 5) is 25.8. The number of hydrogen-bond acceptors (Lipinski definition) is 4. The first-order valence-corrected chi connectivity index (χ1v) is 9.02. The molecule has 0 aliphatic carbocycles. The molecule has 2 amide bonds. The Morgan fingerprint density at radius 1 is 1.23 bits per heavy atom. The van der Waals surface area contributed by atoms with Crippen LogP contribution in [0.25, 0.3) is 0 Å². The Labute approximate surface area is 147 Å². The summed E-state index contributed by atoms with van der Waals surface area (Å²) in [6, 6.07) is 7.01. The van der Waals surface area contributed by atoms with Crippen LogP contribution in [0.1, 0.15) is 23.2 Å². The van der Waals surface area contributed by atoms with E-state index in [2.05, 4.69) is 31.7 Å². The van der Waals surface area contributed by atoms with Crippen LogP contribution in [-0.4, -0.2) is 39.9 Å². The Balaban J connectivity index is 1.72. The van der Waals surface area contributed by atoms with E-state index in [0.717, 1.165) is 30.3 Å². The molecule has 1 aliphatic rings. The van der Waals surface area contributed by atoms with Gasteiger partial charge in [0.05, 0.1) is 11.3 Å². The van der Waals surface area contributed by atoms with Crippen molar-refractivity contribution in [3.8, 4) is 0 Å². The minimum Gasteiger partial charge on any atom is -0.358 e. The molecular weight excluding hydrogens is 386 g/mol. The molecule has 0 unspecified atom stereocenters. The number of thioether (sulfide) groups is 1. The molecule has 5 nitrogen and oxygen atoms in total. The second-order valence-corrected chi connectivity index (χ2v) is 7.19. The molecule has 8 heteroatoms. The third-order valence-electron chi connectivity index (χ3n) is 3.12. The lowest BCUT2D eigenvalue weighted by Crippen LogP contribution is -2.43. The zero-order valence-corrected chi connectivity index (χ0v) is 15.0. The molecule has 1 aliphatic heterocycles. The first kappa shape index (κ1) is 17.2. The van der Waals surface area contributed by atoms with E-state index in [1.807, 2.05) is 6.07 Å². The summed E-state index contributed by atoms with van der Waals surface area (Å²) < 4.78 is 1.41. The van der Waals surface area contributed by atoms with Crippen LogP contribution in [0.5, 0.6) is 0 Å². The van der Waals surface area contributed by atoms with Gasteiger partial charge in [0, 0.05) is 17.6 Å². The fourth-order valence-corrected chi connectivity index (χ4v) is 3.51. The molecule has 0 bridgehead atoms. The molecule has 1 aromatic carbocycles. The van der Waals surface area contributed by atoms with Crippen molar-refractivity contribution in [3.63, 3.8) is 0 Å². The molecular formula is C14H16BrN3O2S2. The first-order chi connectivity index (χ1) is 10.6. The van der Waals surface area contributed by atoms with Crippen molar-refractivity contribution in [2.45, 2.75) is 12.8 Å². The van der Waals surface area contributed by atoms with Gasteiger partial charge in [-0.15, -0.1) is 0 Å². The van der Waals surface area contributed by atoms with E-state index in [1.54, 1.807) is 18.2 Å². The summed E-state index contributed by atoms with van der Waals surface area (Å²) in [5, 5.41) is 0. The summed E-state index contributed by atoms with van der Waals surface area (Å²) in [6.45, 7) is 1.93. The number of halogens is 1. The number of nitrogens with zero attached hydrogens (tertiary/aromatic N) is 1. The van der Waals surface area contributed by atoms with Crippen molar-refractivity contribution in [2.75, 3.05) is 18.8 Å². The summed E-state index contributed by atoms with van der Waals surface area (Å²) >= 11 is 9.89. The van der Waals surface area contributed by atoms with Gasteiger partial charge in [-0.2, -0.15) is 0 Å². The number of thiocarbonyl (C=S) groups is 1. The highest BCUT2D eigenvalue weighted by atomic mass is 79.9.